The number of rotatable bonds is 6. The molecule has 1 nitrogen and oxygen atoms in total. The molecule has 0 saturated heterocycles. The van der Waals surface area contributed by atoms with Crippen molar-refractivity contribution in [2.24, 2.45) is 0 Å². The van der Waals surface area contributed by atoms with Crippen LogP contribution >= 0.6 is 0 Å². The Morgan fingerprint density at radius 2 is 0.714 bits per heavy atom. The third-order valence-electron chi connectivity index (χ3n) is 4.36. The highest BCUT2D eigenvalue weighted by Gasteiger charge is 2.55. The van der Waals surface area contributed by atoms with Gasteiger partial charge in [0.15, 0.2) is 0 Å². The van der Waals surface area contributed by atoms with Crippen molar-refractivity contribution in [1.82, 2.24) is 3.90 Å². The monoisotopic (exact) mass is 377 g/mol. The summed E-state index contributed by atoms with van der Waals surface area (Å²) >= 11 is 0. The van der Waals surface area contributed by atoms with Gasteiger partial charge in [-0.25, -0.2) is 0 Å². The minimum absolute atomic E-state index is 1.07. The molecule has 0 rings (SSSR count). The maximum atomic E-state index is 3.22. The van der Waals surface area contributed by atoms with E-state index in [0.717, 1.165) is 4.79 Å². The van der Waals surface area contributed by atoms with E-state index < -0.39 is 40.9 Å². The van der Waals surface area contributed by atoms with Gasteiger partial charge < -0.3 is 3.90 Å². The SMILES string of the molecule is C[Si](C)(C)C([Si](C)(C)C)[Si](C)(C)N([Si](C)(C)C)[Si](C)(C)C. The van der Waals surface area contributed by atoms with E-state index in [0.29, 0.717) is 0 Å². The Labute approximate surface area is 141 Å². The first-order valence-electron chi connectivity index (χ1n) is 8.54. The Hall–Kier alpha value is 1.04. The van der Waals surface area contributed by atoms with Gasteiger partial charge in [0.25, 0.3) is 0 Å². The van der Waals surface area contributed by atoms with Crippen molar-refractivity contribution in [3.8, 4) is 0 Å². The van der Waals surface area contributed by atoms with E-state index in [1.165, 1.54) is 0 Å². The summed E-state index contributed by atoms with van der Waals surface area (Å²) < 4.78 is 3.22. The predicted octanol–water partition coefficient (Wildman–Crippen LogP) is 6.29. The summed E-state index contributed by atoms with van der Waals surface area (Å²) in [5, 5.41) is 0. The van der Waals surface area contributed by atoms with E-state index in [1.54, 1.807) is 0 Å². The minimum atomic E-state index is -1.42. The normalized spacial score (nSPS) is 16.0. The zero-order valence-electron chi connectivity index (χ0n) is 17.5. The van der Waals surface area contributed by atoms with Crippen LogP contribution in [0, 0.1) is 0 Å². The van der Waals surface area contributed by atoms with Gasteiger partial charge in [-0.15, -0.1) is 0 Å². The second-order valence-corrected chi connectivity index (χ2v) is 39.1. The molecule has 0 heterocycles. The molecule has 6 heteroatoms. The highest BCUT2D eigenvalue weighted by molar-refractivity contribution is 7.17. The zero-order chi connectivity index (χ0) is 17.7. The van der Waals surface area contributed by atoms with Crippen LogP contribution in [0.1, 0.15) is 0 Å². The summed E-state index contributed by atoms with van der Waals surface area (Å²) in [5.74, 6) is 0. The molecule has 0 saturated carbocycles. The van der Waals surface area contributed by atoms with Crippen molar-refractivity contribution in [2.45, 2.75) is 96.4 Å². The Kier molecular flexibility index (Phi) is 6.47. The van der Waals surface area contributed by atoms with Crippen LogP contribution < -0.4 is 0 Å². The quantitative estimate of drug-likeness (QED) is 0.492. The Morgan fingerprint density at radius 3 is 0.857 bits per heavy atom. The van der Waals surface area contributed by atoms with Crippen LogP contribution in [0.5, 0.6) is 0 Å². The molecular formula is C15H43NSi5. The summed E-state index contributed by atoms with van der Waals surface area (Å²) in [4.78, 5) is 1.07. The Balaban J connectivity index is 6.21. The highest BCUT2D eigenvalue weighted by Crippen LogP contribution is 2.44. The average Bonchev–Trinajstić information content (AvgIpc) is 1.84. The van der Waals surface area contributed by atoms with Gasteiger partial charge in [-0.05, 0) is 4.79 Å². The zero-order valence-corrected chi connectivity index (χ0v) is 22.5. The molecule has 0 aliphatic heterocycles. The molecule has 0 atom stereocenters. The van der Waals surface area contributed by atoms with Gasteiger partial charge in [-0.2, -0.15) is 0 Å². The van der Waals surface area contributed by atoms with Gasteiger partial charge in [0.2, 0.25) is 0 Å². The largest absolute Gasteiger partial charge is 0.369 e. The lowest BCUT2D eigenvalue weighted by Gasteiger charge is -2.60. The van der Waals surface area contributed by atoms with Crippen molar-refractivity contribution < 1.29 is 0 Å². The summed E-state index contributed by atoms with van der Waals surface area (Å²) in [6.07, 6.45) is 0. The molecule has 0 bridgehead atoms. The van der Waals surface area contributed by atoms with Crippen LogP contribution in [0.15, 0.2) is 0 Å². The fourth-order valence-corrected chi connectivity index (χ4v) is 58.9. The van der Waals surface area contributed by atoms with Gasteiger partial charge in [0.1, 0.15) is 24.7 Å². The first-order chi connectivity index (χ1) is 8.73. The molecular weight excluding hydrogens is 335 g/mol. The van der Waals surface area contributed by atoms with Gasteiger partial charge >= 0.3 is 0 Å². The molecule has 0 amide bonds. The summed E-state index contributed by atoms with van der Waals surface area (Å²) in [6.45, 7) is 36.8. The highest BCUT2D eigenvalue weighted by atomic mass is 28.5. The summed E-state index contributed by atoms with van der Waals surface area (Å²) in [6, 6.07) is 0. The van der Waals surface area contributed by atoms with Crippen LogP contribution in [0.4, 0.5) is 0 Å². The molecule has 0 spiro atoms. The first kappa shape index (κ1) is 22.0. The molecule has 0 fully saturated rings. The van der Waals surface area contributed by atoms with E-state index in [-0.39, 0.29) is 0 Å². The lowest BCUT2D eigenvalue weighted by atomic mass is 11.7. The molecule has 128 valence electrons. The number of hydrogen-bond acceptors (Lipinski definition) is 1. The molecule has 0 aromatic carbocycles. The smallest absolute Gasteiger partial charge is 0.106 e. The summed E-state index contributed by atoms with van der Waals surface area (Å²) in [7, 11) is -6.28. The van der Waals surface area contributed by atoms with Crippen LogP contribution in [0.2, 0.25) is 96.4 Å². The van der Waals surface area contributed by atoms with Crippen molar-refractivity contribution in [3.63, 3.8) is 0 Å². The second kappa shape index (κ2) is 6.16. The lowest BCUT2D eigenvalue weighted by Crippen LogP contribution is -2.75. The molecule has 0 aromatic heterocycles. The second-order valence-electron chi connectivity index (χ2n) is 11.5. The topological polar surface area (TPSA) is 3.24 Å². The van der Waals surface area contributed by atoms with E-state index in [4.69, 9.17) is 0 Å². The first-order valence-corrected chi connectivity index (χ1v) is 25.6. The lowest BCUT2D eigenvalue weighted by molar-refractivity contribution is 0.881. The van der Waals surface area contributed by atoms with Crippen molar-refractivity contribution in [2.75, 3.05) is 0 Å². The van der Waals surface area contributed by atoms with Gasteiger partial charge in [-0.1, -0.05) is 91.7 Å². The van der Waals surface area contributed by atoms with E-state index in [2.05, 4.69) is 95.6 Å². The fraction of sp³-hybridized carbons (Fsp3) is 1.00. The Morgan fingerprint density at radius 1 is 0.476 bits per heavy atom. The van der Waals surface area contributed by atoms with Gasteiger partial charge in [-0.3, -0.25) is 0 Å². The van der Waals surface area contributed by atoms with E-state index in [9.17, 15) is 0 Å². The van der Waals surface area contributed by atoms with Crippen LogP contribution in [-0.2, 0) is 0 Å². The molecule has 0 aliphatic carbocycles. The molecule has 0 aliphatic rings. The van der Waals surface area contributed by atoms with Crippen LogP contribution in [-0.4, -0.2) is 44.8 Å². The molecule has 0 N–H and O–H groups in total. The fourth-order valence-electron chi connectivity index (χ4n) is 6.28. The molecule has 0 radical (unpaired) electrons. The van der Waals surface area contributed by atoms with Gasteiger partial charge in [0.05, 0.1) is 0 Å². The maximum absolute atomic E-state index is 3.22. The van der Waals surface area contributed by atoms with Crippen LogP contribution in [0.25, 0.3) is 0 Å². The van der Waals surface area contributed by atoms with Crippen LogP contribution in [0.3, 0.4) is 0 Å². The maximum Gasteiger partial charge on any atom is 0.106 e. The van der Waals surface area contributed by atoms with Crippen molar-refractivity contribution in [3.05, 3.63) is 0 Å². The van der Waals surface area contributed by atoms with Crippen molar-refractivity contribution >= 4 is 40.9 Å². The molecule has 0 unspecified atom stereocenters. The standard InChI is InChI=1S/C15H43NSi5/c1-17(2,3)15(18(4,5)6)21(13,14)16(19(7,8)9)20(10,11)12/h15H,1-14H3. The summed E-state index contributed by atoms with van der Waals surface area (Å²) in [5.41, 5.74) is 0. The van der Waals surface area contributed by atoms with Crippen molar-refractivity contribution in [1.29, 1.82) is 0 Å². The van der Waals surface area contributed by atoms with Gasteiger partial charge in [0, 0.05) is 16.1 Å². The number of hydrogen-bond donors (Lipinski definition) is 0. The number of nitrogens with zero attached hydrogens (tertiary/aromatic N) is 1. The van der Waals surface area contributed by atoms with E-state index >= 15 is 0 Å². The average molecular weight is 378 g/mol. The minimum Gasteiger partial charge on any atom is -0.369 e. The van der Waals surface area contributed by atoms with E-state index in [1.807, 2.05) is 0 Å². The molecule has 0 aromatic rings. The Bertz CT molecular complexity index is 290. The molecule has 21 heavy (non-hydrogen) atoms. The third kappa shape index (κ3) is 5.56. The third-order valence-corrected chi connectivity index (χ3v) is 39.2. The predicted molar refractivity (Wildman–Crippen MR) is 116 cm³/mol.